The Morgan fingerprint density at radius 3 is 1.86 bits per heavy atom. The summed E-state index contributed by atoms with van der Waals surface area (Å²) in [4.78, 5) is 0. The first-order chi connectivity index (χ1) is 13.5. The molecule has 3 rings (SSSR count). The molecule has 0 radical (unpaired) electrons. The van der Waals surface area contributed by atoms with Crippen molar-refractivity contribution in [2.75, 3.05) is 0 Å². The summed E-state index contributed by atoms with van der Waals surface area (Å²) >= 11 is 0. The highest BCUT2D eigenvalue weighted by Gasteiger charge is 2.18. The van der Waals surface area contributed by atoms with Crippen LogP contribution in [0.3, 0.4) is 0 Å². The molecule has 0 bridgehead atoms. The standard InChI is InChI=1S/C26H27PSi/c1-28(2,3)22-14-6-7-15-23-16-12-13-21-26(23)27(24-17-8-4-9-18-24)25-19-10-5-11-20-25/h4-13,16-21H,15H2,1-3H3/b7-6+. The highest BCUT2D eigenvalue weighted by molar-refractivity contribution is 7.79. The van der Waals surface area contributed by atoms with E-state index in [-0.39, 0.29) is 0 Å². The minimum Gasteiger partial charge on any atom is -0.127 e. The summed E-state index contributed by atoms with van der Waals surface area (Å²) in [5.41, 5.74) is 4.79. The van der Waals surface area contributed by atoms with Gasteiger partial charge in [0.15, 0.2) is 0 Å². The first-order valence-electron chi connectivity index (χ1n) is 9.70. The van der Waals surface area contributed by atoms with E-state index in [2.05, 4.69) is 122 Å². The Morgan fingerprint density at radius 2 is 1.29 bits per heavy atom. The summed E-state index contributed by atoms with van der Waals surface area (Å²) in [5, 5.41) is 4.20. The normalized spacial score (nSPS) is 11.4. The molecule has 2 heteroatoms. The van der Waals surface area contributed by atoms with Gasteiger partial charge in [-0.1, -0.05) is 117 Å². The average Bonchev–Trinajstić information content (AvgIpc) is 2.70. The first-order valence-corrected chi connectivity index (χ1v) is 14.5. The number of rotatable bonds is 5. The minimum absolute atomic E-state index is 0.573. The van der Waals surface area contributed by atoms with Crippen LogP contribution in [0.15, 0.2) is 97.1 Å². The number of hydrogen-bond donors (Lipinski definition) is 0. The van der Waals surface area contributed by atoms with Crippen molar-refractivity contribution in [2.45, 2.75) is 26.1 Å². The van der Waals surface area contributed by atoms with Gasteiger partial charge < -0.3 is 0 Å². The van der Waals surface area contributed by atoms with Gasteiger partial charge in [-0.05, 0) is 41.9 Å². The molecule has 0 aliphatic carbocycles. The molecule has 0 heterocycles. The van der Waals surface area contributed by atoms with E-state index in [0.717, 1.165) is 6.42 Å². The average molecular weight is 399 g/mol. The minimum atomic E-state index is -1.31. The third-order valence-corrected chi connectivity index (χ3v) is 7.69. The summed E-state index contributed by atoms with van der Waals surface area (Å²) in [5.74, 6) is 3.24. The fourth-order valence-electron chi connectivity index (χ4n) is 2.99. The third-order valence-electron chi connectivity index (χ3n) is 4.25. The molecule has 0 aliphatic heterocycles. The van der Waals surface area contributed by atoms with E-state index in [1.807, 2.05) is 6.08 Å². The van der Waals surface area contributed by atoms with Gasteiger partial charge >= 0.3 is 0 Å². The number of allylic oxidation sites excluding steroid dienone is 2. The van der Waals surface area contributed by atoms with E-state index in [1.54, 1.807) is 0 Å². The SMILES string of the molecule is C[Si](C)(C)C#C/C=C/Cc1ccccc1P(c1ccccc1)c1ccccc1. The van der Waals surface area contributed by atoms with Crippen molar-refractivity contribution >= 4 is 31.9 Å². The van der Waals surface area contributed by atoms with Crippen LogP contribution in [-0.4, -0.2) is 8.07 Å². The van der Waals surface area contributed by atoms with Gasteiger partial charge in [-0.3, -0.25) is 0 Å². The maximum atomic E-state index is 3.40. The molecule has 0 amide bonds. The topological polar surface area (TPSA) is 0 Å². The molecule has 0 N–H and O–H groups in total. The maximum absolute atomic E-state index is 3.40. The van der Waals surface area contributed by atoms with Gasteiger partial charge in [0.2, 0.25) is 0 Å². The highest BCUT2D eigenvalue weighted by atomic mass is 31.1. The van der Waals surface area contributed by atoms with E-state index in [0.29, 0.717) is 0 Å². The van der Waals surface area contributed by atoms with Crippen LogP contribution in [0, 0.1) is 11.5 Å². The van der Waals surface area contributed by atoms with Gasteiger partial charge in [-0.15, -0.1) is 5.54 Å². The van der Waals surface area contributed by atoms with Crippen LogP contribution in [0.5, 0.6) is 0 Å². The van der Waals surface area contributed by atoms with Crippen molar-refractivity contribution < 1.29 is 0 Å². The molecule has 0 saturated heterocycles. The van der Waals surface area contributed by atoms with Crippen molar-refractivity contribution in [3.05, 3.63) is 103 Å². The van der Waals surface area contributed by atoms with Crippen LogP contribution in [0.2, 0.25) is 19.6 Å². The van der Waals surface area contributed by atoms with Crippen LogP contribution in [0.1, 0.15) is 5.56 Å². The molecule has 0 aliphatic rings. The molecule has 140 valence electrons. The van der Waals surface area contributed by atoms with E-state index >= 15 is 0 Å². The monoisotopic (exact) mass is 398 g/mol. The molecule has 28 heavy (non-hydrogen) atoms. The van der Waals surface area contributed by atoms with Crippen LogP contribution < -0.4 is 15.9 Å². The van der Waals surface area contributed by atoms with Gasteiger partial charge in [-0.2, -0.15) is 0 Å². The zero-order chi connectivity index (χ0) is 19.8. The van der Waals surface area contributed by atoms with Crippen LogP contribution in [-0.2, 0) is 6.42 Å². The van der Waals surface area contributed by atoms with Crippen molar-refractivity contribution in [1.29, 1.82) is 0 Å². The van der Waals surface area contributed by atoms with Gasteiger partial charge in [0, 0.05) is 0 Å². The second-order valence-corrected chi connectivity index (χ2v) is 14.7. The zero-order valence-electron chi connectivity index (χ0n) is 16.9. The van der Waals surface area contributed by atoms with Crippen LogP contribution in [0.25, 0.3) is 0 Å². The van der Waals surface area contributed by atoms with Crippen molar-refractivity contribution in [1.82, 2.24) is 0 Å². The molecule has 0 spiro atoms. The Bertz CT molecular complexity index is 934. The van der Waals surface area contributed by atoms with Gasteiger partial charge in [0.1, 0.15) is 8.07 Å². The molecule has 0 nitrogen and oxygen atoms in total. The predicted octanol–water partition coefficient (Wildman–Crippen LogP) is 5.42. The van der Waals surface area contributed by atoms with Crippen LogP contribution >= 0.6 is 7.92 Å². The summed E-state index contributed by atoms with van der Waals surface area (Å²) < 4.78 is 0. The Morgan fingerprint density at radius 1 is 0.750 bits per heavy atom. The third kappa shape index (κ3) is 5.80. The fraction of sp³-hybridized carbons (Fsp3) is 0.154. The Hall–Kier alpha value is -2.39. The lowest BCUT2D eigenvalue weighted by molar-refractivity contribution is 1.29. The van der Waals surface area contributed by atoms with E-state index in [4.69, 9.17) is 0 Å². The molecule has 3 aromatic carbocycles. The van der Waals surface area contributed by atoms with Crippen LogP contribution in [0.4, 0.5) is 0 Å². The van der Waals surface area contributed by atoms with Crippen molar-refractivity contribution in [3.63, 3.8) is 0 Å². The lowest BCUT2D eigenvalue weighted by Crippen LogP contribution is -2.23. The Balaban J connectivity index is 1.96. The fourth-order valence-corrected chi connectivity index (χ4v) is 5.99. The number of hydrogen-bond acceptors (Lipinski definition) is 0. The Kier molecular flexibility index (Phi) is 7.04. The van der Waals surface area contributed by atoms with Gasteiger partial charge in [0.05, 0.1) is 0 Å². The van der Waals surface area contributed by atoms with E-state index in [1.165, 1.54) is 21.5 Å². The molecule has 0 aromatic heterocycles. The zero-order valence-corrected chi connectivity index (χ0v) is 18.8. The summed E-state index contributed by atoms with van der Waals surface area (Å²) in [6.07, 6.45) is 5.15. The Labute approximate surface area is 172 Å². The summed E-state index contributed by atoms with van der Waals surface area (Å²) in [6, 6.07) is 30.6. The molecular formula is C26H27PSi. The molecular weight excluding hydrogens is 371 g/mol. The highest BCUT2D eigenvalue weighted by Crippen LogP contribution is 2.34. The summed E-state index contributed by atoms with van der Waals surface area (Å²) in [7, 11) is -1.89. The van der Waals surface area contributed by atoms with Crippen molar-refractivity contribution in [2.24, 2.45) is 0 Å². The van der Waals surface area contributed by atoms with Gasteiger partial charge in [-0.25, -0.2) is 0 Å². The first kappa shape index (κ1) is 20.3. The number of benzene rings is 3. The largest absolute Gasteiger partial charge is 0.129 e. The summed E-state index contributed by atoms with van der Waals surface area (Å²) in [6.45, 7) is 6.82. The molecule has 0 saturated carbocycles. The second-order valence-electron chi connectivity index (χ2n) is 7.76. The lowest BCUT2D eigenvalue weighted by atomic mass is 10.1. The molecule has 0 fully saturated rings. The van der Waals surface area contributed by atoms with Crippen molar-refractivity contribution in [3.8, 4) is 11.5 Å². The molecule has 3 aromatic rings. The maximum Gasteiger partial charge on any atom is 0.129 e. The van der Waals surface area contributed by atoms with Gasteiger partial charge in [0.25, 0.3) is 0 Å². The lowest BCUT2D eigenvalue weighted by Gasteiger charge is -2.22. The van der Waals surface area contributed by atoms with E-state index in [9.17, 15) is 0 Å². The molecule has 0 unspecified atom stereocenters. The smallest absolute Gasteiger partial charge is 0.127 e. The van der Waals surface area contributed by atoms with E-state index < -0.39 is 16.0 Å². The second kappa shape index (κ2) is 9.70. The quantitative estimate of drug-likeness (QED) is 0.306. The molecule has 0 atom stereocenters. The predicted molar refractivity (Wildman–Crippen MR) is 129 cm³/mol.